The zero-order valence-corrected chi connectivity index (χ0v) is 33.1. The number of nitriles is 1. The molecule has 3 aromatic carbocycles. The van der Waals surface area contributed by atoms with E-state index >= 15 is 0 Å². The number of rotatable bonds is 12. The molecule has 4 aliphatic rings. The molecule has 2 aliphatic carbocycles. The van der Waals surface area contributed by atoms with Crippen LogP contribution in [-0.2, 0) is 34.3 Å². The van der Waals surface area contributed by atoms with E-state index in [1.807, 2.05) is 30.3 Å². The molecule has 2 aliphatic heterocycles. The summed E-state index contributed by atoms with van der Waals surface area (Å²) in [4.78, 5) is 31.3. The van der Waals surface area contributed by atoms with Crippen molar-refractivity contribution < 1.29 is 27.1 Å². The number of ether oxygens (including phenoxy) is 2. The zero-order valence-electron chi connectivity index (χ0n) is 31.5. The average Bonchev–Trinajstić information content (AvgIpc) is 3.52. The standard InChI is InChI=1S/C42H42ClN7O6S/c1-54-42-35(24-49-15-2-3-16-49)45-21-37(47-42)55-36-13-12-30-29(6-4-7-31(30)36)32-8-5-9-33(38(32)43)41-46-34-19-25(18-27(20-44)39(34)56-41)22-50-17-14-26(23-50)40(51)48-57(52,53)28-10-11-28/h4-9,18-19,21,26,28,36H,2-3,10-17,22-24H2,1H3,(H,48,51)/t26-,36-/m1/s1. The van der Waals surface area contributed by atoms with Gasteiger partial charge in [-0.2, -0.15) is 10.2 Å². The minimum atomic E-state index is -3.59. The Morgan fingerprint density at radius 3 is 2.58 bits per heavy atom. The number of carbonyl (C=O) groups is 1. The predicted molar refractivity (Wildman–Crippen MR) is 213 cm³/mol. The summed E-state index contributed by atoms with van der Waals surface area (Å²) < 4.78 is 45.2. The Balaban J connectivity index is 0.928. The molecule has 15 heteroatoms. The number of methoxy groups -OCH3 is 1. The number of oxazole rings is 1. The molecular weight excluding hydrogens is 766 g/mol. The van der Waals surface area contributed by atoms with Gasteiger partial charge in [0.25, 0.3) is 0 Å². The quantitative estimate of drug-likeness (QED) is 0.144. The molecule has 1 N–H and O–H groups in total. The number of aromatic nitrogens is 3. The van der Waals surface area contributed by atoms with Gasteiger partial charge in [0.2, 0.25) is 33.6 Å². The average molecular weight is 808 g/mol. The maximum atomic E-state index is 12.7. The van der Waals surface area contributed by atoms with Gasteiger partial charge in [-0.25, -0.2) is 18.4 Å². The van der Waals surface area contributed by atoms with E-state index in [1.54, 1.807) is 19.4 Å². The lowest BCUT2D eigenvalue weighted by atomic mass is 9.95. The first-order valence-electron chi connectivity index (χ1n) is 19.5. The van der Waals surface area contributed by atoms with Crippen LogP contribution in [0.5, 0.6) is 11.8 Å². The molecule has 294 valence electrons. The van der Waals surface area contributed by atoms with Crippen LogP contribution in [0.25, 0.3) is 33.7 Å². The Kier molecular flexibility index (Phi) is 10.1. The lowest BCUT2D eigenvalue weighted by molar-refractivity contribution is -0.122. The highest BCUT2D eigenvalue weighted by molar-refractivity contribution is 7.90. The summed E-state index contributed by atoms with van der Waals surface area (Å²) in [5, 5.41) is 10.1. The van der Waals surface area contributed by atoms with E-state index in [0.29, 0.717) is 90.3 Å². The van der Waals surface area contributed by atoms with Crippen LogP contribution in [0.1, 0.15) is 72.6 Å². The van der Waals surface area contributed by atoms with Crippen molar-refractivity contribution in [1.82, 2.24) is 29.5 Å². The number of sulfonamides is 1. The number of likely N-dealkylation sites (tertiary alicyclic amines) is 2. The van der Waals surface area contributed by atoms with E-state index in [9.17, 15) is 18.5 Å². The first-order valence-corrected chi connectivity index (χ1v) is 21.4. The van der Waals surface area contributed by atoms with E-state index in [0.717, 1.165) is 59.4 Å². The monoisotopic (exact) mass is 807 g/mol. The van der Waals surface area contributed by atoms with Crippen molar-refractivity contribution in [2.24, 2.45) is 5.92 Å². The molecule has 57 heavy (non-hydrogen) atoms. The Bertz CT molecular complexity index is 2530. The van der Waals surface area contributed by atoms with Crippen molar-refractivity contribution in [3.05, 3.63) is 87.7 Å². The van der Waals surface area contributed by atoms with Gasteiger partial charge in [-0.3, -0.25) is 19.3 Å². The van der Waals surface area contributed by atoms with Gasteiger partial charge in [-0.15, -0.1) is 0 Å². The summed E-state index contributed by atoms with van der Waals surface area (Å²) in [7, 11) is -1.98. The number of fused-ring (bicyclic) bond motifs is 2. The summed E-state index contributed by atoms with van der Waals surface area (Å²) >= 11 is 7.19. The first kappa shape index (κ1) is 37.5. The molecule has 0 radical (unpaired) electrons. The van der Waals surface area contributed by atoms with Gasteiger partial charge >= 0.3 is 0 Å². The molecule has 4 heterocycles. The Hall–Kier alpha value is -5.07. The van der Waals surface area contributed by atoms with Crippen molar-refractivity contribution in [3.8, 4) is 40.4 Å². The summed E-state index contributed by atoms with van der Waals surface area (Å²) in [5.74, 6) is 0.337. The van der Waals surface area contributed by atoms with Gasteiger partial charge < -0.3 is 13.9 Å². The third-order valence-corrected chi connectivity index (χ3v) is 13.7. The molecule has 3 fully saturated rings. The second-order valence-electron chi connectivity index (χ2n) is 15.4. The lowest BCUT2D eigenvalue weighted by Crippen LogP contribution is -2.38. The van der Waals surface area contributed by atoms with Gasteiger partial charge in [-0.05, 0) is 105 Å². The molecule has 1 amide bonds. The number of carbonyl (C=O) groups excluding carboxylic acids is 1. The number of nitrogens with zero attached hydrogens (tertiary/aromatic N) is 6. The van der Waals surface area contributed by atoms with Crippen molar-refractivity contribution in [1.29, 1.82) is 5.26 Å². The maximum Gasteiger partial charge on any atom is 0.240 e. The largest absolute Gasteiger partial charge is 0.480 e. The van der Waals surface area contributed by atoms with Crippen molar-refractivity contribution in [2.45, 2.75) is 69.4 Å². The van der Waals surface area contributed by atoms with E-state index in [1.165, 1.54) is 12.8 Å². The third-order valence-electron chi connectivity index (χ3n) is 11.5. The fraction of sp³-hybridized carbons (Fsp3) is 0.405. The second-order valence-corrected chi connectivity index (χ2v) is 17.7. The van der Waals surface area contributed by atoms with Gasteiger partial charge in [0.05, 0.1) is 40.6 Å². The fourth-order valence-electron chi connectivity index (χ4n) is 8.42. The van der Waals surface area contributed by atoms with Gasteiger partial charge in [-0.1, -0.05) is 41.9 Å². The summed E-state index contributed by atoms with van der Waals surface area (Å²) in [5.41, 5.74) is 7.52. The number of halogens is 1. The van der Waals surface area contributed by atoms with Crippen LogP contribution < -0.4 is 14.2 Å². The van der Waals surface area contributed by atoms with E-state index < -0.39 is 27.1 Å². The molecule has 0 spiro atoms. The molecule has 13 nitrogen and oxygen atoms in total. The maximum absolute atomic E-state index is 12.7. The highest BCUT2D eigenvalue weighted by Crippen LogP contribution is 2.44. The Labute approximate surface area is 336 Å². The molecule has 0 unspecified atom stereocenters. The number of amides is 1. The number of benzene rings is 3. The second kappa shape index (κ2) is 15.4. The van der Waals surface area contributed by atoms with Gasteiger partial charge in [0, 0.05) is 25.2 Å². The van der Waals surface area contributed by atoms with Crippen LogP contribution in [0.2, 0.25) is 5.02 Å². The molecule has 9 rings (SSSR count). The minimum Gasteiger partial charge on any atom is -0.480 e. The van der Waals surface area contributed by atoms with Crippen LogP contribution in [0.4, 0.5) is 0 Å². The van der Waals surface area contributed by atoms with Gasteiger partial charge in [0.1, 0.15) is 23.4 Å². The molecule has 2 saturated heterocycles. The smallest absolute Gasteiger partial charge is 0.240 e. The number of hydrogen-bond acceptors (Lipinski definition) is 12. The first-order chi connectivity index (χ1) is 27.7. The zero-order chi connectivity index (χ0) is 39.3. The fourth-order valence-corrected chi connectivity index (χ4v) is 10.1. The summed E-state index contributed by atoms with van der Waals surface area (Å²) in [6, 6.07) is 17.8. The highest BCUT2D eigenvalue weighted by atomic mass is 35.5. The van der Waals surface area contributed by atoms with Crippen molar-refractivity contribution in [3.63, 3.8) is 0 Å². The predicted octanol–water partition coefficient (Wildman–Crippen LogP) is 6.58. The van der Waals surface area contributed by atoms with Crippen LogP contribution in [0, 0.1) is 17.2 Å². The Morgan fingerprint density at radius 2 is 1.79 bits per heavy atom. The summed E-state index contributed by atoms with van der Waals surface area (Å²) in [6.45, 7) is 4.33. The Morgan fingerprint density at radius 1 is 1.00 bits per heavy atom. The van der Waals surface area contributed by atoms with Crippen LogP contribution in [0.15, 0.2) is 59.1 Å². The van der Waals surface area contributed by atoms with E-state index in [4.69, 9.17) is 30.5 Å². The molecule has 5 aromatic rings. The highest BCUT2D eigenvalue weighted by Gasteiger charge is 2.39. The topological polar surface area (TPSA) is 164 Å². The van der Waals surface area contributed by atoms with Crippen molar-refractivity contribution in [2.75, 3.05) is 33.3 Å². The SMILES string of the molecule is COc1nc(O[C@@H]2CCc3c(-c4cccc(-c5nc6cc(CN7CC[C@@H](C(=O)NS(=O)(=O)C8CC8)C7)cc(C#N)c6o5)c4Cl)cccc32)cnc1CN1CCCC1. The van der Waals surface area contributed by atoms with Crippen LogP contribution >= 0.6 is 11.6 Å². The molecule has 2 aromatic heterocycles. The van der Waals surface area contributed by atoms with E-state index in [2.05, 4.69) is 42.7 Å². The normalized spacial score (nSPS) is 19.8. The van der Waals surface area contributed by atoms with Crippen LogP contribution in [0.3, 0.4) is 0 Å². The third kappa shape index (κ3) is 7.57. The van der Waals surface area contributed by atoms with Crippen molar-refractivity contribution >= 4 is 38.6 Å². The van der Waals surface area contributed by atoms with Crippen LogP contribution in [-0.4, -0.2) is 77.6 Å². The van der Waals surface area contributed by atoms with E-state index in [-0.39, 0.29) is 6.10 Å². The molecule has 2 atom stereocenters. The molecular formula is C42H42ClN7O6S. The molecule has 1 saturated carbocycles. The minimum absolute atomic E-state index is 0.215. The number of nitrogens with one attached hydrogen (secondary N) is 1. The number of hydrogen-bond donors (Lipinski definition) is 1. The lowest BCUT2D eigenvalue weighted by Gasteiger charge is -2.18. The molecule has 0 bridgehead atoms. The van der Waals surface area contributed by atoms with Gasteiger partial charge in [0.15, 0.2) is 5.58 Å². The summed E-state index contributed by atoms with van der Waals surface area (Å²) in [6.07, 6.45) is 7.16.